The topological polar surface area (TPSA) is 12.0 Å². The molecule has 0 spiro atoms. The van der Waals surface area contributed by atoms with Crippen LogP contribution in [0.15, 0.2) is 0 Å². The van der Waals surface area contributed by atoms with Crippen molar-refractivity contribution in [2.75, 3.05) is 6.54 Å². The van der Waals surface area contributed by atoms with Gasteiger partial charge in [-0.1, -0.05) is 5.92 Å². The number of hydrogen-bond acceptors (Lipinski definition) is 1. The molecule has 0 aromatic rings. The Morgan fingerprint density at radius 1 is 1.50 bits per heavy atom. The minimum atomic E-state index is 0.758. The fraction of sp³-hybridized carbons (Fsp3) is 0.778. The third-order valence-corrected chi connectivity index (χ3v) is 2.81. The maximum Gasteiger partial charge on any atom is 0.0576 e. The van der Waals surface area contributed by atoms with Gasteiger partial charge in [-0.15, -0.1) is 6.42 Å². The molecule has 0 bridgehead atoms. The number of nitrogens with one attached hydrogen (secondary N) is 1. The Morgan fingerprint density at radius 2 is 2.40 bits per heavy atom. The third kappa shape index (κ3) is 0.932. The first-order valence-corrected chi connectivity index (χ1v) is 4.08. The summed E-state index contributed by atoms with van der Waals surface area (Å²) in [6, 6.07) is 0.765. The highest BCUT2D eigenvalue weighted by Crippen LogP contribution is 2.51. The predicted molar refractivity (Wildman–Crippen MR) is 41.5 cm³/mol. The van der Waals surface area contributed by atoms with Crippen LogP contribution < -0.4 is 5.32 Å². The molecule has 2 aliphatic carbocycles. The Morgan fingerprint density at radius 3 is 2.90 bits per heavy atom. The van der Waals surface area contributed by atoms with E-state index in [1.54, 1.807) is 0 Å². The molecule has 0 heterocycles. The van der Waals surface area contributed by atoms with Crippen molar-refractivity contribution in [3.8, 4) is 12.3 Å². The second kappa shape index (κ2) is 2.29. The van der Waals surface area contributed by atoms with E-state index in [4.69, 9.17) is 6.42 Å². The van der Waals surface area contributed by atoms with Gasteiger partial charge in [0.1, 0.15) is 0 Å². The summed E-state index contributed by atoms with van der Waals surface area (Å²) in [5.74, 6) is 4.68. The summed E-state index contributed by atoms with van der Waals surface area (Å²) < 4.78 is 0. The molecule has 1 N–H and O–H groups in total. The van der Waals surface area contributed by atoms with Gasteiger partial charge in [0.25, 0.3) is 0 Å². The summed E-state index contributed by atoms with van der Waals surface area (Å²) in [6.45, 7) is 0.758. The van der Waals surface area contributed by atoms with Gasteiger partial charge >= 0.3 is 0 Å². The van der Waals surface area contributed by atoms with E-state index in [0.29, 0.717) is 0 Å². The van der Waals surface area contributed by atoms with E-state index < -0.39 is 0 Å². The first-order chi connectivity index (χ1) is 4.92. The summed E-state index contributed by atoms with van der Waals surface area (Å²) in [7, 11) is 0. The van der Waals surface area contributed by atoms with Gasteiger partial charge in [-0.05, 0) is 31.1 Å². The molecule has 1 unspecified atom stereocenters. The van der Waals surface area contributed by atoms with Crippen molar-refractivity contribution in [2.24, 2.45) is 11.8 Å². The molecular formula is C9H13N. The molecular weight excluding hydrogens is 122 g/mol. The van der Waals surface area contributed by atoms with Gasteiger partial charge in [0.2, 0.25) is 0 Å². The molecule has 54 valence electrons. The van der Waals surface area contributed by atoms with E-state index in [9.17, 15) is 0 Å². The third-order valence-electron chi connectivity index (χ3n) is 2.81. The lowest BCUT2D eigenvalue weighted by molar-refractivity contribution is 0.503. The summed E-state index contributed by atoms with van der Waals surface area (Å²) in [5.41, 5.74) is 0. The van der Waals surface area contributed by atoms with Gasteiger partial charge in [0, 0.05) is 6.04 Å². The fourth-order valence-electron chi connectivity index (χ4n) is 2.15. The van der Waals surface area contributed by atoms with E-state index in [0.717, 1.165) is 24.4 Å². The van der Waals surface area contributed by atoms with Crippen LogP contribution in [-0.2, 0) is 0 Å². The van der Waals surface area contributed by atoms with Crippen LogP contribution in [-0.4, -0.2) is 12.6 Å². The molecule has 0 aromatic carbocycles. The van der Waals surface area contributed by atoms with Crippen LogP contribution in [0.4, 0.5) is 0 Å². The van der Waals surface area contributed by atoms with Crippen molar-refractivity contribution in [2.45, 2.75) is 25.3 Å². The van der Waals surface area contributed by atoms with Crippen LogP contribution in [0.1, 0.15) is 19.3 Å². The Labute approximate surface area is 62.2 Å². The lowest BCUT2D eigenvalue weighted by Crippen LogP contribution is -2.29. The zero-order valence-electron chi connectivity index (χ0n) is 6.14. The Bertz CT molecular complexity index is 168. The van der Waals surface area contributed by atoms with Crippen molar-refractivity contribution in [3.05, 3.63) is 0 Å². The molecule has 10 heavy (non-hydrogen) atoms. The lowest BCUT2D eigenvalue weighted by atomic mass is 10.2. The van der Waals surface area contributed by atoms with E-state index in [1.165, 1.54) is 19.3 Å². The molecule has 2 fully saturated rings. The molecule has 1 nitrogen and oxygen atoms in total. The summed E-state index contributed by atoms with van der Waals surface area (Å²) in [6.07, 6.45) is 9.41. The first-order valence-electron chi connectivity index (χ1n) is 4.08. The van der Waals surface area contributed by atoms with Crippen molar-refractivity contribution in [3.63, 3.8) is 0 Å². The van der Waals surface area contributed by atoms with Gasteiger partial charge in [-0.25, -0.2) is 0 Å². The quantitative estimate of drug-likeness (QED) is 0.557. The second-order valence-corrected chi connectivity index (χ2v) is 3.43. The normalized spacial score (nSPS) is 42.5. The molecule has 0 radical (unpaired) electrons. The minimum Gasteiger partial charge on any atom is -0.303 e. The number of rotatable bonds is 2. The first kappa shape index (κ1) is 6.24. The number of terminal acetylenes is 1. The van der Waals surface area contributed by atoms with Crippen LogP contribution in [0.3, 0.4) is 0 Å². The molecule has 2 rings (SSSR count). The van der Waals surface area contributed by atoms with Crippen LogP contribution in [0, 0.1) is 24.2 Å². The molecule has 2 saturated carbocycles. The Balaban J connectivity index is 1.78. The molecule has 2 aliphatic rings. The molecule has 0 aromatic heterocycles. The maximum absolute atomic E-state index is 5.15. The smallest absolute Gasteiger partial charge is 0.0576 e. The van der Waals surface area contributed by atoms with Crippen LogP contribution in [0.2, 0.25) is 0 Å². The van der Waals surface area contributed by atoms with E-state index >= 15 is 0 Å². The summed E-state index contributed by atoms with van der Waals surface area (Å²) in [4.78, 5) is 0. The summed E-state index contributed by atoms with van der Waals surface area (Å²) >= 11 is 0. The minimum absolute atomic E-state index is 0.758. The van der Waals surface area contributed by atoms with E-state index in [-0.39, 0.29) is 0 Å². The average molecular weight is 135 g/mol. The number of fused-ring (bicyclic) bond motifs is 1. The van der Waals surface area contributed by atoms with Gasteiger partial charge in [0.05, 0.1) is 6.54 Å². The highest BCUT2D eigenvalue weighted by atomic mass is 14.9. The van der Waals surface area contributed by atoms with Gasteiger partial charge in [0.15, 0.2) is 0 Å². The van der Waals surface area contributed by atoms with Crippen molar-refractivity contribution in [1.29, 1.82) is 0 Å². The lowest BCUT2D eigenvalue weighted by Gasteiger charge is -2.10. The van der Waals surface area contributed by atoms with Gasteiger partial charge in [-0.2, -0.15) is 0 Å². The van der Waals surface area contributed by atoms with Crippen molar-refractivity contribution in [1.82, 2.24) is 5.32 Å². The largest absolute Gasteiger partial charge is 0.303 e. The SMILES string of the molecule is C#CCNC1CC[C@@H]2C[C@H]12. The Hall–Kier alpha value is -0.480. The second-order valence-electron chi connectivity index (χ2n) is 3.43. The van der Waals surface area contributed by atoms with E-state index in [2.05, 4.69) is 11.2 Å². The van der Waals surface area contributed by atoms with Crippen LogP contribution >= 0.6 is 0 Å². The van der Waals surface area contributed by atoms with Crippen LogP contribution in [0.25, 0.3) is 0 Å². The predicted octanol–water partition coefficient (Wildman–Crippen LogP) is 1.01. The maximum atomic E-state index is 5.15. The monoisotopic (exact) mass is 135 g/mol. The van der Waals surface area contributed by atoms with Crippen molar-refractivity contribution >= 4 is 0 Å². The van der Waals surface area contributed by atoms with Gasteiger partial charge < -0.3 is 5.32 Å². The molecule has 0 saturated heterocycles. The summed E-state index contributed by atoms with van der Waals surface area (Å²) in [5, 5.41) is 3.39. The zero-order chi connectivity index (χ0) is 6.97. The fourth-order valence-corrected chi connectivity index (χ4v) is 2.15. The standard InChI is InChI=1S/C9H13N/c1-2-5-10-9-4-3-7-6-8(7)9/h1,7-10H,3-6H2/t7-,8+,9?/m1/s1. The highest BCUT2D eigenvalue weighted by Gasteiger charge is 2.47. The number of hydrogen-bond donors (Lipinski definition) is 1. The van der Waals surface area contributed by atoms with E-state index in [1.807, 2.05) is 0 Å². The molecule has 0 amide bonds. The van der Waals surface area contributed by atoms with Crippen LogP contribution in [0.5, 0.6) is 0 Å². The zero-order valence-corrected chi connectivity index (χ0v) is 6.14. The highest BCUT2D eigenvalue weighted by molar-refractivity contribution is 5.02. The average Bonchev–Trinajstić information content (AvgIpc) is 2.63. The molecule has 1 heteroatoms. The Kier molecular flexibility index (Phi) is 1.43. The van der Waals surface area contributed by atoms with Crippen molar-refractivity contribution < 1.29 is 0 Å². The molecule has 0 aliphatic heterocycles. The molecule has 3 atom stereocenters. The van der Waals surface area contributed by atoms with Gasteiger partial charge in [-0.3, -0.25) is 0 Å².